The van der Waals surface area contributed by atoms with Gasteiger partial charge in [-0.1, -0.05) is 0 Å². The number of amides is 1. The standard InChI is InChI=1S/C16H20F3N3O3S/c17-11-8-13(19)15(9-12(11)18)26(24,25)21-6-3-10(4-7-21)22-5-1-2-14(22)16(20)23/h8-10,14H,1-7H2,(H2,20,23). The molecule has 2 saturated heterocycles. The van der Waals surface area contributed by atoms with Crippen molar-refractivity contribution in [3.8, 4) is 0 Å². The first-order valence-corrected chi connectivity index (χ1v) is 9.85. The van der Waals surface area contributed by atoms with Crippen LogP contribution in [0.15, 0.2) is 17.0 Å². The van der Waals surface area contributed by atoms with Crippen LogP contribution >= 0.6 is 0 Å². The number of nitrogens with zero attached hydrogens (tertiary/aromatic N) is 2. The highest BCUT2D eigenvalue weighted by molar-refractivity contribution is 7.89. The number of nitrogens with two attached hydrogens (primary N) is 1. The second kappa shape index (κ2) is 7.16. The minimum atomic E-state index is -4.27. The monoisotopic (exact) mass is 391 g/mol. The average Bonchev–Trinajstić information content (AvgIpc) is 3.08. The maximum Gasteiger partial charge on any atom is 0.246 e. The number of primary amides is 1. The van der Waals surface area contributed by atoms with Gasteiger partial charge in [0.2, 0.25) is 15.9 Å². The van der Waals surface area contributed by atoms with E-state index in [1.807, 2.05) is 4.90 Å². The fraction of sp³-hybridized carbons (Fsp3) is 0.562. The maximum absolute atomic E-state index is 13.9. The molecule has 144 valence electrons. The van der Waals surface area contributed by atoms with Crippen LogP contribution < -0.4 is 5.73 Å². The first-order valence-electron chi connectivity index (χ1n) is 8.41. The fourth-order valence-electron chi connectivity index (χ4n) is 3.79. The van der Waals surface area contributed by atoms with Crippen LogP contribution in [0.1, 0.15) is 25.7 Å². The highest BCUT2D eigenvalue weighted by Crippen LogP contribution is 2.29. The van der Waals surface area contributed by atoms with Gasteiger partial charge < -0.3 is 5.73 Å². The van der Waals surface area contributed by atoms with E-state index in [9.17, 15) is 26.4 Å². The lowest BCUT2D eigenvalue weighted by atomic mass is 10.0. The van der Waals surface area contributed by atoms with Crippen molar-refractivity contribution in [1.29, 1.82) is 0 Å². The molecule has 0 aromatic heterocycles. The summed E-state index contributed by atoms with van der Waals surface area (Å²) in [5.74, 6) is -4.56. The fourth-order valence-corrected chi connectivity index (χ4v) is 5.31. The Balaban J connectivity index is 1.73. The Morgan fingerprint density at radius 1 is 1.00 bits per heavy atom. The first kappa shape index (κ1) is 19.1. The van der Waals surface area contributed by atoms with Gasteiger partial charge in [-0.15, -0.1) is 0 Å². The molecule has 3 rings (SSSR count). The van der Waals surface area contributed by atoms with E-state index < -0.39 is 32.4 Å². The van der Waals surface area contributed by atoms with Gasteiger partial charge >= 0.3 is 0 Å². The van der Waals surface area contributed by atoms with E-state index in [1.54, 1.807) is 0 Å². The van der Waals surface area contributed by atoms with Crippen LogP contribution in [0.2, 0.25) is 0 Å². The lowest BCUT2D eigenvalue weighted by Crippen LogP contribution is -2.51. The Morgan fingerprint density at radius 2 is 1.62 bits per heavy atom. The zero-order chi connectivity index (χ0) is 19.1. The molecule has 0 saturated carbocycles. The van der Waals surface area contributed by atoms with Crippen LogP contribution in [0, 0.1) is 17.5 Å². The smallest absolute Gasteiger partial charge is 0.246 e. The predicted molar refractivity (Wildman–Crippen MR) is 87.0 cm³/mol. The summed E-state index contributed by atoms with van der Waals surface area (Å²) in [5.41, 5.74) is 5.42. The number of carbonyl (C=O) groups is 1. The molecule has 2 fully saturated rings. The summed E-state index contributed by atoms with van der Waals surface area (Å²) >= 11 is 0. The molecule has 2 heterocycles. The third-order valence-corrected chi connectivity index (χ3v) is 7.02. The first-order chi connectivity index (χ1) is 12.2. The molecule has 2 aliphatic heterocycles. The lowest BCUT2D eigenvalue weighted by Gasteiger charge is -2.38. The minimum Gasteiger partial charge on any atom is -0.368 e. The van der Waals surface area contributed by atoms with Gasteiger partial charge in [0, 0.05) is 25.2 Å². The van der Waals surface area contributed by atoms with Crippen LogP contribution in [-0.4, -0.2) is 55.2 Å². The molecule has 1 unspecified atom stereocenters. The molecule has 0 spiro atoms. The Labute approximate surface area is 149 Å². The van der Waals surface area contributed by atoms with Crippen molar-refractivity contribution in [1.82, 2.24) is 9.21 Å². The van der Waals surface area contributed by atoms with E-state index in [2.05, 4.69) is 0 Å². The van der Waals surface area contributed by atoms with Gasteiger partial charge in [0.05, 0.1) is 6.04 Å². The molecular formula is C16H20F3N3O3S. The molecule has 26 heavy (non-hydrogen) atoms. The third-order valence-electron chi connectivity index (χ3n) is 5.11. The van der Waals surface area contributed by atoms with Crippen molar-refractivity contribution < 1.29 is 26.4 Å². The molecule has 0 bridgehead atoms. The highest BCUT2D eigenvalue weighted by Gasteiger charge is 2.38. The second-order valence-electron chi connectivity index (χ2n) is 6.63. The van der Waals surface area contributed by atoms with Crippen molar-refractivity contribution >= 4 is 15.9 Å². The summed E-state index contributed by atoms with van der Waals surface area (Å²) in [4.78, 5) is 12.7. The topological polar surface area (TPSA) is 83.7 Å². The number of carbonyl (C=O) groups excluding carboxylic acids is 1. The summed E-state index contributed by atoms with van der Waals surface area (Å²) in [6.45, 7) is 0.934. The van der Waals surface area contributed by atoms with Crippen LogP contribution in [0.25, 0.3) is 0 Å². The van der Waals surface area contributed by atoms with E-state index >= 15 is 0 Å². The third kappa shape index (κ3) is 3.45. The van der Waals surface area contributed by atoms with E-state index in [1.165, 1.54) is 0 Å². The molecule has 2 N–H and O–H groups in total. The summed E-state index contributed by atoms with van der Waals surface area (Å²) in [6.07, 6.45) is 2.45. The Hall–Kier alpha value is -1.65. The number of piperidine rings is 1. The van der Waals surface area contributed by atoms with Crippen LogP contribution in [0.5, 0.6) is 0 Å². The van der Waals surface area contributed by atoms with E-state index in [-0.39, 0.29) is 37.1 Å². The molecule has 10 heteroatoms. The van der Waals surface area contributed by atoms with Crippen molar-refractivity contribution in [2.75, 3.05) is 19.6 Å². The molecular weight excluding hydrogens is 371 g/mol. The number of hydrogen-bond acceptors (Lipinski definition) is 4. The number of benzene rings is 1. The lowest BCUT2D eigenvalue weighted by molar-refractivity contribution is -0.123. The quantitative estimate of drug-likeness (QED) is 0.782. The number of rotatable bonds is 4. The van der Waals surface area contributed by atoms with Gasteiger partial charge in [0.25, 0.3) is 0 Å². The van der Waals surface area contributed by atoms with Crippen molar-refractivity contribution in [2.24, 2.45) is 5.73 Å². The SMILES string of the molecule is NC(=O)C1CCCN1C1CCN(S(=O)(=O)c2cc(F)c(F)cc2F)CC1. The summed E-state index contributed by atoms with van der Waals surface area (Å²) in [6, 6.07) is 0.273. The molecule has 1 amide bonds. The van der Waals surface area contributed by atoms with Crippen LogP contribution in [-0.2, 0) is 14.8 Å². The van der Waals surface area contributed by atoms with Crippen molar-refractivity contribution in [3.05, 3.63) is 29.6 Å². The van der Waals surface area contributed by atoms with Gasteiger partial charge in [-0.3, -0.25) is 9.69 Å². The van der Waals surface area contributed by atoms with E-state index in [4.69, 9.17) is 5.73 Å². The second-order valence-corrected chi connectivity index (χ2v) is 8.54. The molecule has 0 radical (unpaired) electrons. The van der Waals surface area contributed by atoms with Gasteiger partial charge in [-0.2, -0.15) is 4.31 Å². The number of hydrogen-bond donors (Lipinski definition) is 1. The highest BCUT2D eigenvalue weighted by atomic mass is 32.2. The predicted octanol–water partition coefficient (Wildman–Crippen LogP) is 1.21. The Bertz CT molecular complexity index is 810. The van der Waals surface area contributed by atoms with Gasteiger partial charge in [-0.05, 0) is 38.3 Å². The summed E-state index contributed by atoms with van der Waals surface area (Å²) < 4.78 is 66.5. The molecule has 1 atom stereocenters. The minimum absolute atomic E-state index is 0.0104. The van der Waals surface area contributed by atoms with Crippen molar-refractivity contribution in [2.45, 2.75) is 42.7 Å². The molecule has 1 aromatic rings. The van der Waals surface area contributed by atoms with Crippen LogP contribution in [0.4, 0.5) is 13.2 Å². The zero-order valence-electron chi connectivity index (χ0n) is 14.0. The normalized spacial score (nSPS) is 23.4. The largest absolute Gasteiger partial charge is 0.368 e. The Morgan fingerprint density at radius 3 is 2.23 bits per heavy atom. The van der Waals surface area contributed by atoms with Gasteiger partial charge in [0.1, 0.15) is 10.7 Å². The average molecular weight is 391 g/mol. The maximum atomic E-state index is 13.9. The summed E-state index contributed by atoms with van der Waals surface area (Å²) in [5, 5.41) is 0. The molecule has 2 aliphatic rings. The number of likely N-dealkylation sites (tertiary alicyclic amines) is 1. The van der Waals surface area contributed by atoms with Crippen molar-refractivity contribution in [3.63, 3.8) is 0 Å². The molecule has 0 aliphatic carbocycles. The zero-order valence-corrected chi connectivity index (χ0v) is 14.8. The van der Waals surface area contributed by atoms with E-state index in [0.717, 1.165) is 17.3 Å². The van der Waals surface area contributed by atoms with Gasteiger partial charge in [0.15, 0.2) is 11.6 Å². The molecule has 6 nitrogen and oxygen atoms in total. The van der Waals surface area contributed by atoms with Crippen LogP contribution in [0.3, 0.4) is 0 Å². The van der Waals surface area contributed by atoms with Gasteiger partial charge in [-0.25, -0.2) is 21.6 Å². The van der Waals surface area contributed by atoms with E-state index in [0.29, 0.717) is 25.3 Å². The Kier molecular flexibility index (Phi) is 5.27. The number of halogens is 3. The summed E-state index contributed by atoms with van der Waals surface area (Å²) in [7, 11) is -4.27. The number of sulfonamides is 1. The molecule has 1 aromatic carbocycles.